The van der Waals surface area contributed by atoms with Crippen molar-refractivity contribution in [2.45, 2.75) is 66.2 Å². The van der Waals surface area contributed by atoms with Gasteiger partial charge in [0.2, 0.25) is 0 Å². The summed E-state index contributed by atoms with van der Waals surface area (Å²) in [6.07, 6.45) is 6.12. The number of nitrogens with one attached hydrogen (secondary N) is 2. The van der Waals surface area contributed by atoms with E-state index in [1.807, 2.05) is 60.7 Å². The Balaban J connectivity index is 0.950. The highest BCUT2D eigenvalue weighted by molar-refractivity contribution is 6.08. The first-order chi connectivity index (χ1) is 24.3. The van der Waals surface area contributed by atoms with E-state index in [0.29, 0.717) is 24.2 Å². The van der Waals surface area contributed by atoms with Crippen LogP contribution in [0.5, 0.6) is 0 Å². The quantitative estimate of drug-likeness (QED) is 0.121. The van der Waals surface area contributed by atoms with Gasteiger partial charge in [-0.15, -0.1) is 0 Å². The first-order valence-corrected chi connectivity index (χ1v) is 17.8. The summed E-state index contributed by atoms with van der Waals surface area (Å²) in [5.74, 6) is -0.125. The summed E-state index contributed by atoms with van der Waals surface area (Å²) in [5, 5.41) is 8.01. The lowest BCUT2D eigenvalue weighted by molar-refractivity contribution is 0.0946. The average molecular weight is 663 g/mol. The first-order valence-electron chi connectivity index (χ1n) is 17.8. The normalized spacial score (nSPS) is 11.2. The Bertz CT molecular complexity index is 2020. The summed E-state index contributed by atoms with van der Waals surface area (Å²) >= 11 is 0. The van der Waals surface area contributed by atoms with Crippen LogP contribution < -0.4 is 10.6 Å². The Labute approximate surface area is 295 Å². The topological polar surface area (TPSA) is 84.0 Å². The predicted molar refractivity (Wildman–Crippen MR) is 206 cm³/mol. The minimum atomic E-state index is -0.0625. The second-order valence-electron chi connectivity index (χ2n) is 13.4. The third-order valence-corrected chi connectivity index (χ3v) is 9.70. The SMILES string of the molecule is Cc1ccc(-c2cc(C(=O)NCCCCCCCCNC(=O)c3cc(-c4ccc(C)c(C)c4)nc4ccccc34)c3ccccc3n2)cc1C. The number of pyridine rings is 2. The molecule has 0 bridgehead atoms. The molecule has 50 heavy (non-hydrogen) atoms. The molecule has 6 heteroatoms. The number of hydrogen-bond donors (Lipinski definition) is 2. The van der Waals surface area contributed by atoms with Crippen molar-refractivity contribution in [3.05, 3.63) is 130 Å². The second-order valence-corrected chi connectivity index (χ2v) is 13.4. The number of carbonyl (C=O) groups is 2. The molecular weight excluding hydrogens is 617 g/mol. The van der Waals surface area contributed by atoms with Crippen LogP contribution in [-0.4, -0.2) is 34.9 Å². The molecule has 2 amide bonds. The molecule has 0 aliphatic carbocycles. The monoisotopic (exact) mass is 662 g/mol. The molecule has 0 aliphatic rings. The van der Waals surface area contributed by atoms with E-state index >= 15 is 0 Å². The zero-order chi connectivity index (χ0) is 35.0. The number of carbonyl (C=O) groups excluding carboxylic acids is 2. The maximum atomic E-state index is 13.3. The third-order valence-electron chi connectivity index (χ3n) is 9.70. The maximum Gasteiger partial charge on any atom is 0.252 e. The number of para-hydroxylation sites is 2. The van der Waals surface area contributed by atoms with E-state index in [4.69, 9.17) is 9.97 Å². The molecular formula is C44H46N4O2. The number of hydrogen-bond acceptors (Lipinski definition) is 4. The maximum absolute atomic E-state index is 13.3. The number of fused-ring (bicyclic) bond motifs is 2. The molecule has 0 saturated heterocycles. The van der Waals surface area contributed by atoms with Gasteiger partial charge < -0.3 is 10.6 Å². The van der Waals surface area contributed by atoms with Crippen molar-refractivity contribution in [2.75, 3.05) is 13.1 Å². The Morgan fingerprint density at radius 3 is 1.30 bits per heavy atom. The average Bonchev–Trinajstić information content (AvgIpc) is 3.13. The van der Waals surface area contributed by atoms with E-state index in [1.165, 1.54) is 22.3 Å². The highest BCUT2D eigenvalue weighted by Gasteiger charge is 2.16. The molecule has 0 aliphatic heterocycles. The van der Waals surface area contributed by atoms with Crippen LogP contribution in [0.15, 0.2) is 97.1 Å². The van der Waals surface area contributed by atoms with E-state index in [9.17, 15) is 9.59 Å². The Morgan fingerprint density at radius 1 is 0.480 bits per heavy atom. The van der Waals surface area contributed by atoms with Crippen molar-refractivity contribution in [1.82, 2.24) is 20.6 Å². The van der Waals surface area contributed by atoms with Crippen LogP contribution in [-0.2, 0) is 0 Å². The molecule has 0 saturated carbocycles. The highest BCUT2D eigenvalue weighted by atomic mass is 16.2. The molecule has 4 aromatic carbocycles. The summed E-state index contributed by atoms with van der Waals surface area (Å²) in [5.41, 5.74) is 11.5. The van der Waals surface area contributed by atoms with Crippen LogP contribution in [0.3, 0.4) is 0 Å². The minimum Gasteiger partial charge on any atom is -0.352 e. The molecule has 0 unspecified atom stereocenters. The van der Waals surface area contributed by atoms with E-state index in [1.54, 1.807) is 0 Å². The molecule has 0 fully saturated rings. The Morgan fingerprint density at radius 2 is 0.880 bits per heavy atom. The number of unbranched alkanes of at least 4 members (excludes halogenated alkanes) is 5. The highest BCUT2D eigenvalue weighted by Crippen LogP contribution is 2.28. The van der Waals surface area contributed by atoms with Gasteiger partial charge in [-0.25, -0.2) is 9.97 Å². The third kappa shape index (κ3) is 8.08. The summed E-state index contributed by atoms with van der Waals surface area (Å²) in [6.45, 7) is 9.65. The molecule has 0 atom stereocenters. The summed E-state index contributed by atoms with van der Waals surface area (Å²) < 4.78 is 0. The Hall–Kier alpha value is -5.36. The fourth-order valence-corrected chi connectivity index (χ4v) is 6.38. The number of nitrogens with zero attached hydrogens (tertiary/aromatic N) is 2. The number of amides is 2. The van der Waals surface area contributed by atoms with E-state index < -0.39 is 0 Å². The summed E-state index contributed by atoms with van der Waals surface area (Å²) in [4.78, 5) is 36.4. The van der Waals surface area contributed by atoms with E-state index in [-0.39, 0.29) is 11.8 Å². The van der Waals surface area contributed by atoms with Crippen molar-refractivity contribution in [2.24, 2.45) is 0 Å². The zero-order valence-electron chi connectivity index (χ0n) is 29.6. The van der Waals surface area contributed by atoms with Gasteiger partial charge in [0.15, 0.2) is 0 Å². The molecule has 6 rings (SSSR count). The van der Waals surface area contributed by atoms with Crippen LogP contribution in [0.25, 0.3) is 44.3 Å². The molecule has 0 radical (unpaired) electrons. The lowest BCUT2D eigenvalue weighted by atomic mass is 10.0. The molecule has 0 spiro atoms. The van der Waals surface area contributed by atoms with Gasteiger partial charge in [-0.05, 0) is 99.2 Å². The van der Waals surface area contributed by atoms with Gasteiger partial charge in [0.1, 0.15) is 0 Å². The van der Waals surface area contributed by atoms with Crippen molar-refractivity contribution < 1.29 is 9.59 Å². The van der Waals surface area contributed by atoms with Gasteiger partial charge in [0.25, 0.3) is 11.8 Å². The predicted octanol–water partition coefficient (Wildman–Crippen LogP) is 9.85. The van der Waals surface area contributed by atoms with Gasteiger partial charge in [-0.1, -0.05) is 86.3 Å². The van der Waals surface area contributed by atoms with Crippen LogP contribution >= 0.6 is 0 Å². The van der Waals surface area contributed by atoms with Crippen LogP contribution in [0.4, 0.5) is 0 Å². The molecule has 2 N–H and O–H groups in total. The zero-order valence-corrected chi connectivity index (χ0v) is 29.6. The molecule has 254 valence electrons. The molecule has 2 heterocycles. The van der Waals surface area contributed by atoms with E-state index in [0.717, 1.165) is 82.8 Å². The fraction of sp³-hybridized carbons (Fsp3) is 0.273. The summed E-state index contributed by atoms with van der Waals surface area (Å²) in [7, 11) is 0. The number of rotatable bonds is 13. The lowest BCUT2D eigenvalue weighted by Crippen LogP contribution is -2.25. The fourth-order valence-electron chi connectivity index (χ4n) is 6.38. The van der Waals surface area contributed by atoms with Gasteiger partial charge >= 0.3 is 0 Å². The first kappa shape index (κ1) is 34.5. The smallest absolute Gasteiger partial charge is 0.252 e. The van der Waals surface area contributed by atoms with Gasteiger partial charge in [-0.2, -0.15) is 0 Å². The number of aryl methyl sites for hydroxylation is 4. The number of aromatic nitrogens is 2. The van der Waals surface area contributed by atoms with Crippen LogP contribution in [0, 0.1) is 27.7 Å². The molecule has 2 aromatic heterocycles. The molecule has 6 nitrogen and oxygen atoms in total. The van der Waals surface area contributed by atoms with Crippen LogP contribution in [0.1, 0.15) is 81.5 Å². The van der Waals surface area contributed by atoms with E-state index in [2.05, 4.69) is 74.7 Å². The van der Waals surface area contributed by atoms with Gasteiger partial charge in [0.05, 0.1) is 33.5 Å². The van der Waals surface area contributed by atoms with Gasteiger partial charge in [-0.3, -0.25) is 9.59 Å². The van der Waals surface area contributed by atoms with Crippen molar-refractivity contribution in [3.63, 3.8) is 0 Å². The van der Waals surface area contributed by atoms with Crippen LogP contribution in [0.2, 0.25) is 0 Å². The minimum absolute atomic E-state index is 0.0625. The molecule has 6 aromatic rings. The lowest BCUT2D eigenvalue weighted by Gasteiger charge is -2.12. The Kier molecular flexibility index (Phi) is 11.0. The largest absolute Gasteiger partial charge is 0.352 e. The summed E-state index contributed by atoms with van der Waals surface area (Å²) in [6, 6.07) is 32.1. The number of benzene rings is 4. The second kappa shape index (κ2) is 15.9. The van der Waals surface area contributed by atoms with Gasteiger partial charge in [0, 0.05) is 35.0 Å². The standard InChI is InChI=1S/C44H46N4O2/c1-29-19-21-33(25-31(29)3)41-27-37(35-15-9-11-17-39(35)47-41)43(49)45-23-13-7-5-6-8-14-24-46-44(50)38-28-42(34-22-20-30(2)32(4)26-34)48-40-18-12-10-16-36(38)40/h9-12,15-22,25-28H,5-8,13-14,23-24H2,1-4H3,(H,45,49)(H,46,50). The van der Waals surface area contributed by atoms with Crippen molar-refractivity contribution >= 4 is 33.6 Å². The van der Waals surface area contributed by atoms with Crippen molar-refractivity contribution in [1.29, 1.82) is 0 Å². The van der Waals surface area contributed by atoms with Crippen molar-refractivity contribution in [3.8, 4) is 22.5 Å².